The summed E-state index contributed by atoms with van der Waals surface area (Å²) in [5.74, 6) is 0.875. The Morgan fingerprint density at radius 1 is 1.07 bits per heavy atom. The molecule has 3 aromatic heterocycles. The van der Waals surface area contributed by atoms with Gasteiger partial charge in [-0.15, -0.1) is 11.3 Å². The minimum Gasteiger partial charge on any atom is -0.368 e. The largest absolute Gasteiger partial charge is 0.368 e. The SMILES string of the molecule is NCc1ccc2sc(-c3cc(Nc4ccnc(N)n4)cc4cn[nH]c34)cc2c1. The van der Waals surface area contributed by atoms with E-state index in [1.54, 1.807) is 23.6 Å². The summed E-state index contributed by atoms with van der Waals surface area (Å²) in [6.07, 6.45) is 3.45. The predicted molar refractivity (Wildman–Crippen MR) is 115 cm³/mol. The van der Waals surface area contributed by atoms with Crippen molar-refractivity contribution in [2.75, 3.05) is 11.1 Å². The number of nitrogens with two attached hydrogens (primary N) is 2. The number of aromatic amines is 1. The van der Waals surface area contributed by atoms with Gasteiger partial charge in [0.2, 0.25) is 5.95 Å². The molecule has 0 unspecified atom stereocenters. The van der Waals surface area contributed by atoms with Crippen molar-refractivity contribution in [1.29, 1.82) is 0 Å². The highest BCUT2D eigenvalue weighted by Crippen LogP contribution is 2.38. The van der Waals surface area contributed by atoms with Crippen LogP contribution in [0.2, 0.25) is 0 Å². The molecular formula is C20H17N7S. The number of thiophene rings is 1. The molecule has 0 aliphatic carbocycles. The van der Waals surface area contributed by atoms with Gasteiger partial charge in [0.25, 0.3) is 0 Å². The van der Waals surface area contributed by atoms with Crippen LogP contribution >= 0.6 is 11.3 Å². The lowest BCUT2D eigenvalue weighted by Crippen LogP contribution is -1.99. The molecule has 0 amide bonds. The van der Waals surface area contributed by atoms with Gasteiger partial charge in [-0.05, 0) is 47.3 Å². The molecule has 7 nitrogen and oxygen atoms in total. The minimum absolute atomic E-state index is 0.231. The number of hydrogen-bond donors (Lipinski definition) is 4. The van der Waals surface area contributed by atoms with E-state index in [1.165, 1.54) is 10.1 Å². The first kappa shape index (κ1) is 16.7. The molecule has 2 aromatic carbocycles. The molecule has 0 saturated carbocycles. The van der Waals surface area contributed by atoms with Crippen molar-refractivity contribution >= 4 is 49.8 Å². The average molecular weight is 387 g/mol. The first-order valence-electron chi connectivity index (χ1n) is 8.75. The summed E-state index contributed by atoms with van der Waals surface area (Å²) in [4.78, 5) is 9.30. The number of nitrogens with zero attached hydrogens (tertiary/aromatic N) is 3. The maximum absolute atomic E-state index is 5.79. The third kappa shape index (κ3) is 2.94. The number of aromatic nitrogens is 4. The Labute approximate surface area is 164 Å². The molecule has 3 heterocycles. The van der Waals surface area contributed by atoms with E-state index in [4.69, 9.17) is 11.5 Å². The van der Waals surface area contributed by atoms with E-state index in [9.17, 15) is 0 Å². The van der Waals surface area contributed by atoms with Crippen LogP contribution in [0.5, 0.6) is 0 Å². The zero-order valence-corrected chi connectivity index (χ0v) is 15.6. The zero-order valence-electron chi connectivity index (χ0n) is 14.8. The molecule has 8 heteroatoms. The number of hydrogen-bond acceptors (Lipinski definition) is 7. The van der Waals surface area contributed by atoms with Gasteiger partial charge < -0.3 is 16.8 Å². The third-order valence-corrected chi connectivity index (χ3v) is 5.73. The van der Waals surface area contributed by atoms with Crippen molar-refractivity contribution in [3.8, 4) is 10.4 Å². The second-order valence-corrected chi connectivity index (χ2v) is 7.55. The maximum Gasteiger partial charge on any atom is 0.221 e. The Balaban J connectivity index is 1.63. The fourth-order valence-corrected chi connectivity index (χ4v) is 4.33. The fourth-order valence-electron chi connectivity index (χ4n) is 3.27. The standard InChI is InChI=1S/C20H17N7S/c21-9-11-1-2-16-12(5-11)7-17(28-16)15-8-14(6-13-10-24-27-19(13)15)25-18-3-4-23-20(22)26-18/h1-8,10H,9,21H2,(H,24,27)(H3,22,23,25,26). The quantitative estimate of drug-likeness (QED) is 0.370. The number of H-pyrrole nitrogens is 1. The summed E-state index contributed by atoms with van der Waals surface area (Å²) in [7, 11) is 0. The topological polar surface area (TPSA) is 119 Å². The third-order valence-electron chi connectivity index (χ3n) is 4.58. The van der Waals surface area contributed by atoms with Gasteiger partial charge in [0.1, 0.15) is 5.82 Å². The van der Waals surface area contributed by atoms with Gasteiger partial charge in [-0.3, -0.25) is 5.10 Å². The van der Waals surface area contributed by atoms with Gasteiger partial charge in [-0.1, -0.05) is 6.07 Å². The van der Waals surface area contributed by atoms with Crippen LogP contribution < -0.4 is 16.8 Å². The number of fused-ring (bicyclic) bond motifs is 2. The molecule has 0 spiro atoms. The van der Waals surface area contributed by atoms with Crippen molar-refractivity contribution in [2.45, 2.75) is 6.54 Å². The average Bonchev–Trinajstić information content (AvgIpc) is 3.33. The molecule has 5 rings (SSSR count). The normalized spacial score (nSPS) is 11.3. The fraction of sp³-hybridized carbons (Fsp3) is 0.0500. The van der Waals surface area contributed by atoms with Crippen LogP contribution in [0.25, 0.3) is 31.4 Å². The molecule has 0 radical (unpaired) electrons. The van der Waals surface area contributed by atoms with Crippen LogP contribution in [0.1, 0.15) is 5.56 Å². The van der Waals surface area contributed by atoms with Crippen LogP contribution in [0, 0.1) is 0 Å². The van der Waals surface area contributed by atoms with Crippen LogP contribution in [-0.4, -0.2) is 20.2 Å². The molecule has 28 heavy (non-hydrogen) atoms. The smallest absolute Gasteiger partial charge is 0.221 e. The van der Waals surface area contributed by atoms with Gasteiger partial charge in [0.05, 0.1) is 11.7 Å². The van der Waals surface area contributed by atoms with E-state index >= 15 is 0 Å². The number of benzene rings is 2. The molecule has 0 aliphatic heterocycles. The Morgan fingerprint density at radius 2 is 2.00 bits per heavy atom. The van der Waals surface area contributed by atoms with E-state index in [1.807, 2.05) is 12.3 Å². The number of nitrogens with one attached hydrogen (secondary N) is 2. The first-order valence-corrected chi connectivity index (χ1v) is 9.57. The van der Waals surface area contributed by atoms with Crippen LogP contribution in [0.4, 0.5) is 17.5 Å². The van der Waals surface area contributed by atoms with E-state index in [-0.39, 0.29) is 5.95 Å². The molecule has 6 N–H and O–H groups in total. The number of rotatable bonds is 4. The lowest BCUT2D eigenvalue weighted by molar-refractivity contribution is 1.08. The first-order chi connectivity index (χ1) is 13.7. The molecule has 5 aromatic rings. The summed E-state index contributed by atoms with van der Waals surface area (Å²) >= 11 is 1.74. The van der Waals surface area contributed by atoms with Gasteiger partial charge in [0.15, 0.2) is 0 Å². The molecule has 0 atom stereocenters. The Morgan fingerprint density at radius 3 is 2.86 bits per heavy atom. The lowest BCUT2D eigenvalue weighted by Gasteiger charge is -2.08. The molecule has 138 valence electrons. The maximum atomic E-state index is 5.79. The van der Waals surface area contributed by atoms with Crippen molar-refractivity contribution in [2.24, 2.45) is 5.73 Å². The van der Waals surface area contributed by atoms with Crippen molar-refractivity contribution < 1.29 is 0 Å². The van der Waals surface area contributed by atoms with Gasteiger partial charge >= 0.3 is 0 Å². The number of anilines is 3. The van der Waals surface area contributed by atoms with Gasteiger partial charge in [0, 0.05) is 39.0 Å². The van der Waals surface area contributed by atoms with E-state index in [0.29, 0.717) is 12.4 Å². The highest BCUT2D eigenvalue weighted by molar-refractivity contribution is 7.22. The second-order valence-electron chi connectivity index (χ2n) is 6.47. The predicted octanol–water partition coefficient (Wildman–Crippen LogP) is 4.02. The van der Waals surface area contributed by atoms with Crippen molar-refractivity contribution in [3.63, 3.8) is 0 Å². The molecule has 0 bridgehead atoms. The lowest BCUT2D eigenvalue weighted by atomic mass is 10.1. The molecule has 0 fully saturated rings. The van der Waals surface area contributed by atoms with E-state index < -0.39 is 0 Å². The minimum atomic E-state index is 0.231. The zero-order chi connectivity index (χ0) is 19.1. The van der Waals surface area contributed by atoms with Crippen molar-refractivity contribution in [1.82, 2.24) is 20.2 Å². The van der Waals surface area contributed by atoms with Crippen LogP contribution in [0.3, 0.4) is 0 Å². The monoisotopic (exact) mass is 387 g/mol. The Hall–Kier alpha value is -3.49. The summed E-state index contributed by atoms with van der Waals surface area (Å²) < 4.78 is 1.22. The van der Waals surface area contributed by atoms with Crippen LogP contribution in [0.15, 0.2) is 54.9 Å². The van der Waals surface area contributed by atoms with Gasteiger partial charge in [-0.25, -0.2) is 4.98 Å². The molecular weight excluding hydrogens is 370 g/mol. The highest BCUT2D eigenvalue weighted by atomic mass is 32.1. The van der Waals surface area contributed by atoms with Crippen molar-refractivity contribution in [3.05, 3.63) is 60.4 Å². The van der Waals surface area contributed by atoms with E-state index in [0.717, 1.165) is 32.6 Å². The summed E-state index contributed by atoms with van der Waals surface area (Å²) in [5.41, 5.74) is 15.6. The van der Waals surface area contributed by atoms with Crippen LogP contribution in [-0.2, 0) is 6.54 Å². The molecule has 0 saturated heterocycles. The Bertz CT molecular complexity index is 1300. The van der Waals surface area contributed by atoms with E-state index in [2.05, 4.69) is 55.8 Å². The second kappa shape index (κ2) is 6.59. The summed E-state index contributed by atoms with van der Waals surface area (Å²) in [6, 6.07) is 14.4. The van der Waals surface area contributed by atoms with Gasteiger partial charge in [-0.2, -0.15) is 10.1 Å². The summed E-state index contributed by atoms with van der Waals surface area (Å²) in [5, 5.41) is 12.8. The summed E-state index contributed by atoms with van der Waals surface area (Å²) in [6.45, 7) is 0.535. The highest BCUT2D eigenvalue weighted by Gasteiger charge is 2.12. The Kier molecular flexibility index (Phi) is 3.92. The molecule has 0 aliphatic rings. The number of nitrogen functional groups attached to an aromatic ring is 1.